The van der Waals surface area contributed by atoms with Crippen LogP contribution in [0.1, 0.15) is 17.5 Å². The average Bonchev–Trinajstić information content (AvgIpc) is 2.88. The van der Waals surface area contributed by atoms with Gasteiger partial charge in [-0.25, -0.2) is 30.7 Å². The van der Waals surface area contributed by atoms with E-state index in [2.05, 4.69) is 0 Å². The molecular formula is C25H21F4N3O8S2. The Morgan fingerprint density at radius 2 is 1.76 bits per heavy atom. The number of carbonyl (C=O) groups excluding carboxylic acids is 1. The van der Waals surface area contributed by atoms with Crippen LogP contribution in [0.5, 0.6) is 5.75 Å². The van der Waals surface area contributed by atoms with Crippen LogP contribution < -0.4 is 19.1 Å². The van der Waals surface area contributed by atoms with E-state index in [0.717, 1.165) is 36.4 Å². The van der Waals surface area contributed by atoms with Crippen LogP contribution in [0.2, 0.25) is 0 Å². The fourth-order valence-electron chi connectivity index (χ4n) is 4.08. The first-order valence-electron chi connectivity index (χ1n) is 11.8. The van der Waals surface area contributed by atoms with Gasteiger partial charge in [0.05, 0.1) is 29.1 Å². The summed E-state index contributed by atoms with van der Waals surface area (Å²) in [6.45, 7) is 0.818. The minimum Gasteiger partial charge on any atom is -0.486 e. The zero-order chi connectivity index (χ0) is 31.0. The molecule has 17 heteroatoms. The van der Waals surface area contributed by atoms with Crippen molar-refractivity contribution in [3.05, 3.63) is 77.6 Å². The smallest absolute Gasteiger partial charge is 0.416 e. The van der Waals surface area contributed by atoms with Crippen molar-refractivity contribution < 1.29 is 53.8 Å². The van der Waals surface area contributed by atoms with Crippen molar-refractivity contribution in [3.63, 3.8) is 0 Å². The van der Waals surface area contributed by atoms with E-state index in [-0.39, 0.29) is 17.1 Å². The summed E-state index contributed by atoms with van der Waals surface area (Å²) in [4.78, 5) is 22.2. The van der Waals surface area contributed by atoms with Crippen LogP contribution in [0, 0.1) is 12.7 Å². The zero-order valence-corrected chi connectivity index (χ0v) is 23.0. The Morgan fingerprint density at radius 3 is 2.43 bits per heavy atom. The number of aryl methyl sites for hydroxylation is 1. The van der Waals surface area contributed by atoms with Crippen LogP contribution in [0.25, 0.3) is 0 Å². The Morgan fingerprint density at radius 1 is 1.05 bits per heavy atom. The Kier molecular flexibility index (Phi) is 8.10. The maximum atomic E-state index is 14.2. The van der Waals surface area contributed by atoms with E-state index >= 15 is 0 Å². The highest BCUT2D eigenvalue weighted by Crippen LogP contribution is 2.40. The van der Waals surface area contributed by atoms with Gasteiger partial charge in [0, 0.05) is 5.69 Å². The number of carboxylic acid groups (broad SMARTS) is 1. The number of nitrogens with one attached hydrogen (secondary N) is 2. The summed E-state index contributed by atoms with van der Waals surface area (Å²) in [5, 5.41) is 11.1. The molecule has 0 aliphatic carbocycles. The molecule has 0 bridgehead atoms. The number of hydrogen-bond donors (Lipinski definition) is 3. The van der Waals surface area contributed by atoms with E-state index in [0.29, 0.717) is 22.0 Å². The van der Waals surface area contributed by atoms with Crippen LogP contribution in [0.15, 0.2) is 70.5 Å². The normalized spacial score (nSPS) is 15.4. The van der Waals surface area contributed by atoms with Gasteiger partial charge in [-0.05, 0) is 61.0 Å². The number of ether oxygens (including phenoxy) is 1. The molecule has 2 amide bonds. The molecule has 4 rings (SSSR count). The molecule has 0 saturated heterocycles. The average molecular weight is 632 g/mol. The van der Waals surface area contributed by atoms with E-state index in [1.54, 1.807) is 4.72 Å². The monoisotopic (exact) mass is 631 g/mol. The highest BCUT2D eigenvalue weighted by Gasteiger charge is 2.38. The highest BCUT2D eigenvalue weighted by atomic mass is 32.2. The lowest BCUT2D eigenvalue weighted by atomic mass is 10.1. The Balaban J connectivity index is 1.68. The van der Waals surface area contributed by atoms with Gasteiger partial charge >= 0.3 is 12.3 Å². The number of benzene rings is 3. The van der Waals surface area contributed by atoms with E-state index in [4.69, 9.17) is 9.84 Å². The number of hydrogen-bond acceptors (Lipinski definition) is 7. The molecule has 42 heavy (non-hydrogen) atoms. The van der Waals surface area contributed by atoms with E-state index in [1.807, 2.05) is 5.32 Å². The molecule has 1 unspecified atom stereocenters. The van der Waals surface area contributed by atoms with Crippen molar-refractivity contribution >= 4 is 43.4 Å². The van der Waals surface area contributed by atoms with E-state index in [9.17, 15) is 44.0 Å². The molecule has 0 spiro atoms. The lowest BCUT2D eigenvalue weighted by molar-refractivity contribution is -0.137. The van der Waals surface area contributed by atoms with Gasteiger partial charge in [-0.1, -0.05) is 12.1 Å². The number of amides is 2. The largest absolute Gasteiger partial charge is 0.486 e. The van der Waals surface area contributed by atoms with Crippen molar-refractivity contribution in [2.75, 3.05) is 16.2 Å². The molecule has 1 atom stereocenters. The Labute approximate surface area is 236 Å². The Bertz CT molecular complexity index is 1780. The molecule has 3 aromatic rings. The fraction of sp³-hybridized carbons (Fsp3) is 0.200. The molecule has 0 fully saturated rings. The fourth-order valence-corrected chi connectivity index (χ4v) is 6.78. The van der Waals surface area contributed by atoms with Crippen LogP contribution in [0.4, 0.5) is 33.7 Å². The molecular weight excluding hydrogens is 610 g/mol. The van der Waals surface area contributed by atoms with Gasteiger partial charge in [-0.2, -0.15) is 13.2 Å². The van der Waals surface area contributed by atoms with E-state index < -0.39 is 78.5 Å². The summed E-state index contributed by atoms with van der Waals surface area (Å²) in [6, 6.07) is 9.55. The van der Waals surface area contributed by atoms with Crippen LogP contribution >= 0.6 is 0 Å². The number of rotatable bonds is 7. The summed E-state index contributed by atoms with van der Waals surface area (Å²) < 4.78 is 115. The van der Waals surface area contributed by atoms with Gasteiger partial charge in [0.1, 0.15) is 22.6 Å². The molecule has 1 aliphatic heterocycles. The minimum absolute atomic E-state index is 0.100. The molecule has 3 N–H and O–H groups in total. The summed E-state index contributed by atoms with van der Waals surface area (Å²) in [5.74, 6) is -2.50. The van der Waals surface area contributed by atoms with Crippen molar-refractivity contribution in [3.8, 4) is 5.75 Å². The van der Waals surface area contributed by atoms with Crippen LogP contribution in [-0.2, 0) is 31.0 Å². The molecule has 1 heterocycles. The SMILES string of the molecule is Cc1ccc(F)c(S(=O)(=O)NC(=O)CC2CN(S(=O)(=O)c3cccc(C(F)(F)F)c3)c3cc(NC(=O)O)ccc3O2)c1. The first-order chi connectivity index (χ1) is 19.5. The molecule has 224 valence electrons. The molecule has 0 radical (unpaired) electrons. The van der Waals surface area contributed by atoms with Gasteiger partial charge in [-0.15, -0.1) is 0 Å². The number of anilines is 2. The number of fused-ring (bicyclic) bond motifs is 1. The van der Waals surface area contributed by atoms with Gasteiger partial charge in [0.2, 0.25) is 5.91 Å². The maximum Gasteiger partial charge on any atom is 0.416 e. The molecule has 11 nitrogen and oxygen atoms in total. The predicted octanol–water partition coefficient (Wildman–Crippen LogP) is 4.09. The first-order valence-corrected chi connectivity index (χ1v) is 14.7. The lowest BCUT2D eigenvalue weighted by Gasteiger charge is -2.35. The summed E-state index contributed by atoms with van der Waals surface area (Å²) in [6.07, 6.45) is -8.49. The molecule has 0 saturated carbocycles. The lowest BCUT2D eigenvalue weighted by Crippen LogP contribution is -2.46. The number of halogens is 4. The summed E-state index contributed by atoms with van der Waals surface area (Å²) >= 11 is 0. The molecule has 0 aromatic heterocycles. The minimum atomic E-state index is -4.87. The predicted molar refractivity (Wildman–Crippen MR) is 140 cm³/mol. The first kappa shape index (κ1) is 30.6. The van der Waals surface area contributed by atoms with Crippen molar-refractivity contribution in [2.45, 2.75) is 35.4 Å². The second-order valence-electron chi connectivity index (χ2n) is 9.08. The third-order valence-corrected chi connectivity index (χ3v) is 9.09. The van der Waals surface area contributed by atoms with Gasteiger partial charge in [0.15, 0.2) is 0 Å². The van der Waals surface area contributed by atoms with Crippen molar-refractivity contribution in [2.24, 2.45) is 0 Å². The van der Waals surface area contributed by atoms with Gasteiger partial charge in [-0.3, -0.25) is 14.4 Å². The maximum absolute atomic E-state index is 14.2. The van der Waals surface area contributed by atoms with Crippen molar-refractivity contribution in [1.82, 2.24) is 4.72 Å². The van der Waals surface area contributed by atoms with Crippen LogP contribution in [0.3, 0.4) is 0 Å². The summed E-state index contributed by atoms with van der Waals surface area (Å²) in [5.41, 5.74) is -1.21. The van der Waals surface area contributed by atoms with Crippen molar-refractivity contribution in [1.29, 1.82) is 0 Å². The topological polar surface area (TPSA) is 159 Å². The quantitative estimate of drug-likeness (QED) is 0.329. The van der Waals surface area contributed by atoms with Gasteiger partial charge < -0.3 is 9.84 Å². The molecule has 1 aliphatic rings. The zero-order valence-electron chi connectivity index (χ0n) is 21.3. The second kappa shape index (κ2) is 11.1. The van der Waals surface area contributed by atoms with Crippen LogP contribution in [-0.4, -0.2) is 46.6 Å². The number of nitrogens with zero attached hydrogens (tertiary/aromatic N) is 1. The third-order valence-electron chi connectivity index (χ3n) is 5.93. The van der Waals surface area contributed by atoms with E-state index in [1.165, 1.54) is 19.1 Å². The third kappa shape index (κ3) is 6.57. The number of alkyl halides is 3. The second-order valence-corrected chi connectivity index (χ2v) is 12.6. The van der Waals surface area contributed by atoms with Gasteiger partial charge in [0.25, 0.3) is 20.0 Å². The number of carbonyl (C=O) groups is 2. The highest BCUT2D eigenvalue weighted by molar-refractivity contribution is 7.92. The molecule has 3 aromatic carbocycles. The Hall–Kier alpha value is -4.38. The standard InChI is InChI=1S/C25H21F4N3O8S2/c1-14-5-7-19(26)22(9-14)41(36,37)31-23(33)12-17-13-32(20-11-16(30-24(34)35)6-8-21(20)40-17)42(38,39)18-4-2-3-15(10-18)25(27,28)29/h2-11,17,30H,12-13H2,1H3,(H,31,33)(H,34,35). The number of sulfonamides is 2. The summed E-state index contributed by atoms with van der Waals surface area (Å²) in [7, 11) is -9.46.